The minimum Gasteiger partial charge on any atom is -0.383 e. The van der Waals surface area contributed by atoms with Gasteiger partial charge in [-0.3, -0.25) is 4.79 Å². The molecule has 4 rings (SSSR count). The van der Waals surface area contributed by atoms with Gasteiger partial charge in [-0.05, 0) is 30.2 Å². The Hall–Kier alpha value is -2.60. The Morgan fingerprint density at radius 3 is 2.68 bits per heavy atom. The molecule has 1 fully saturated rings. The second-order valence-corrected chi connectivity index (χ2v) is 7.38. The Morgan fingerprint density at radius 2 is 1.89 bits per heavy atom. The third kappa shape index (κ3) is 3.56. The highest BCUT2D eigenvalue weighted by molar-refractivity contribution is 5.82. The van der Waals surface area contributed by atoms with Crippen LogP contribution in [-0.2, 0) is 16.0 Å². The number of piperazine rings is 1. The lowest BCUT2D eigenvalue weighted by Gasteiger charge is -2.49. The molecule has 5 nitrogen and oxygen atoms in total. The first-order chi connectivity index (χ1) is 13.7. The van der Waals surface area contributed by atoms with Crippen molar-refractivity contribution in [3.63, 3.8) is 0 Å². The van der Waals surface area contributed by atoms with Gasteiger partial charge in [-0.25, -0.2) is 4.39 Å². The summed E-state index contributed by atoms with van der Waals surface area (Å²) in [4.78, 5) is 17.4. The molecule has 0 radical (unpaired) electrons. The van der Waals surface area contributed by atoms with Crippen molar-refractivity contribution in [2.45, 2.75) is 12.5 Å². The highest BCUT2D eigenvalue weighted by Gasteiger charge is 2.41. The van der Waals surface area contributed by atoms with Gasteiger partial charge in [-0.1, -0.05) is 30.3 Å². The van der Waals surface area contributed by atoms with Crippen molar-refractivity contribution in [3.05, 3.63) is 59.9 Å². The van der Waals surface area contributed by atoms with Gasteiger partial charge in [0.1, 0.15) is 5.82 Å². The van der Waals surface area contributed by atoms with E-state index in [1.807, 2.05) is 24.3 Å². The first kappa shape index (κ1) is 18.7. The van der Waals surface area contributed by atoms with Crippen LogP contribution in [0.1, 0.15) is 5.56 Å². The molecule has 2 aliphatic heterocycles. The molecule has 0 saturated carbocycles. The maximum absolute atomic E-state index is 14.3. The molecule has 0 aliphatic carbocycles. The maximum Gasteiger partial charge on any atom is 0.225 e. The van der Waals surface area contributed by atoms with E-state index < -0.39 is 0 Å². The van der Waals surface area contributed by atoms with Gasteiger partial charge in [0.05, 0.1) is 24.3 Å². The van der Waals surface area contributed by atoms with Gasteiger partial charge in [-0.15, -0.1) is 0 Å². The summed E-state index contributed by atoms with van der Waals surface area (Å²) in [5.74, 6) is -0.355. The summed E-state index contributed by atoms with van der Waals surface area (Å²) in [6, 6.07) is 15.2. The average Bonchev–Trinajstić information content (AvgIpc) is 2.73. The van der Waals surface area contributed by atoms with E-state index >= 15 is 0 Å². The van der Waals surface area contributed by atoms with Crippen molar-refractivity contribution in [2.75, 3.05) is 49.7 Å². The molecule has 2 aromatic rings. The number of rotatable bonds is 5. The van der Waals surface area contributed by atoms with E-state index in [2.05, 4.69) is 27.2 Å². The van der Waals surface area contributed by atoms with Crippen LogP contribution in [0.2, 0.25) is 0 Å². The Bertz CT molecular complexity index is 844. The first-order valence-corrected chi connectivity index (χ1v) is 9.79. The van der Waals surface area contributed by atoms with E-state index in [9.17, 15) is 9.18 Å². The topological polar surface area (TPSA) is 44.8 Å². The van der Waals surface area contributed by atoms with Gasteiger partial charge in [0, 0.05) is 39.0 Å². The molecule has 2 atom stereocenters. The molecule has 1 saturated heterocycles. The van der Waals surface area contributed by atoms with Gasteiger partial charge in [0.25, 0.3) is 0 Å². The third-order valence-corrected chi connectivity index (χ3v) is 5.76. The Morgan fingerprint density at radius 1 is 1.14 bits per heavy atom. The van der Waals surface area contributed by atoms with E-state index in [0.717, 1.165) is 13.1 Å². The fourth-order valence-electron chi connectivity index (χ4n) is 4.39. The molecule has 2 aromatic carbocycles. The van der Waals surface area contributed by atoms with Gasteiger partial charge < -0.3 is 19.9 Å². The fraction of sp³-hybridized carbons (Fsp3) is 0.409. The molecule has 28 heavy (non-hydrogen) atoms. The van der Waals surface area contributed by atoms with E-state index in [-0.39, 0.29) is 23.7 Å². The number of anilines is 2. The number of hydrogen-bond donors (Lipinski definition) is 1. The predicted molar refractivity (Wildman–Crippen MR) is 108 cm³/mol. The van der Waals surface area contributed by atoms with Gasteiger partial charge in [0.2, 0.25) is 5.91 Å². The van der Waals surface area contributed by atoms with Crippen LogP contribution >= 0.6 is 0 Å². The Balaban J connectivity index is 1.61. The zero-order chi connectivity index (χ0) is 19.5. The average molecular weight is 383 g/mol. The molecule has 2 unspecified atom stereocenters. The summed E-state index contributed by atoms with van der Waals surface area (Å²) in [7, 11) is 1.62. The zero-order valence-corrected chi connectivity index (χ0v) is 16.1. The largest absolute Gasteiger partial charge is 0.383 e. The normalized spacial score (nSPS) is 21.1. The molecule has 1 amide bonds. The number of methoxy groups -OCH3 is 1. The number of carbonyl (C=O) groups is 1. The quantitative estimate of drug-likeness (QED) is 0.806. The lowest BCUT2D eigenvalue weighted by molar-refractivity contribution is -0.126. The molecule has 1 N–H and O–H groups in total. The Labute approximate surface area is 165 Å². The number of para-hydroxylation sites is 2. The van der Waals surface area contributed by atoms with E-state index in [0.29, 0.717) is 31.8 Å². The van der Waals surface area contributed by atoms with Crippen LogP contribution in [0.4, 0.5) is 15.8 Å². The van der Waals surface area contributed by atoms with Crippen molar-refractivity contribution in [2.24, 2.45) is 5.92 Å². The number of amides is 1. The van der Waals surface area contributed by atoms with E-state index in [4.69, 9.17) is 4.74 Å². The lowest BCUT2D eigenvalue weighted by Crippen LogP contribution is -2.61. The van der Waals surface area contributed by atoms with E-state index in [1.165, 1.54) is 17.3 Å². The summed E-state index contributed by atoms with van der Waals surface area (Å²) < 4.78 is 19.4. The van der Waals surface area contributed by atoms with Gasteiger partial charge >= 0.3 is 0 Å². The molecule has 0 bridgehead atoms. The lowest BCUT2D eigenvalue weighted by atomic mass is 9.83. The third-order valence-electron chi connectivity index (χ3n) is 5.76. The minimum absolute atomic E-state index is 0.00537. The second kappa shape index (κ2) is 8.19. The molecule has 0 spiro atoms. The highest BCUT2D eigenvalue weighted by atomic mass is 19.1. The molecule has 0 aromatic heterocycles. The van der Waals surface area contributed by atoms with Crippen LogP contribution in [0.25, 0.3) is 0 Å². The highest BCUT2D eigenvalue weighted by Crippen LogP contribution is 2.37. The van der Waals surface area contributed by atoms with Crippen molar-refractivity contribution in [3.8, 4) is 0 Å². The molecular formula is C22H26FN3O2. The smallest absolute Gasteiger partial charge is 0.225 e. The van der Waals surface area contributed by atoms with Crippen LogP contribution in [0.5, 0.6) is 0 Å². The minimum atomic E-state index is -0.215. The van der Waals surface area contributed by atoms with Crippen molar-refractivity contribution < 1.29 is 13.9 Å². The number of fused-ring (bicyclic) bond motifs is 3. The molecule has 6 heteroatoms. The van der Waals surface area contributed by atoms with Crippen molar-refractivity contribution >= 4 is 17.3 Å². The summed E-state index contributed by atoms with van der Waals surface area (Å²) in [5.41, 5.74) is 3.01. The second-order valence-electron chi connectivity index (χ2n) is 7.38. The molecular weight excluding hydrogens is 357 g/mol. The number of ether oxygens (including phenoxy) is 1. The number of halogens is 1. The standard InChI is InChI=1S/C22H26FN3O2/c1-28-13-10-24-22(27)17-14-16-6-2-4-8-19(16)26-12-11-25(15-21(17)26)20-9-5-3-7-18(20)23/h2-9,17,21H,10-15H2,1H3,(H,24,27). The van der Waals surface area contributed by atoms with Crippen LogP contribution in [-0.4, -0.2) is 51.8 Å². The van der Waals surface area contributed by atoms with Crippen LogP contribution in [0.3, 0.4) is 0 Å². The number of nitrogens with zero attached hydrogens (tertiary/aromatic N) is 2. The summed E-state index contributed by atoms with van der Waals surface area (Å²) in [5, 5.41) is 3.00. The number of nitrogens with one attached hydrogen (secondary N) is 1. The molecule has 2 heterocycles. The number of carbonyl (C=O) groups excluding carboxylic acids is 1. The maximum atomic E-state index is 14.3. The van der Waals surface area contributed by atoms with Gasteiger partial charge in [-0.2, -0.15) is 0 Å². The monoisotopic (exact) mass is 383 g/mol. The van der Waals surface area contributed by atoms with Crippen LogP contribution < -0.4 is 15.1 Å². The summed E-state index contributed by atoms with van der Waals surface area (Å²) in [6.45, 7) is 3.10. The van der Waals surface area contributed by atoms with Crippen LogP contribution in [0.15, 0.2) is 48.5 Å². The van der Waals surface area contributed by atoms with E-state index in [1.54, 1.807) is 13.2 Å². The first-order valence-electron chi connectivity index (χ1n) is 9.79. The fourth-order valence-corrected chi connectivity index (χ4v) is 4.39. The molecule has 148 valence electrons. The summed E-state index contributed by atoms with van der Waals surface area (Å²) in [6.07, 6.45) is 0.696. The van der Waals surface area contributed by atoms with Crippen molar-refractivity contribution in [1.29, 1.82) is 0 Å². The Kier molecular flexibility index (Phi) is 5.48. The van der Waals surface area contributed by atoms with Crippen LogP contribution in [0, 0.1) is 11.7 Å². The number of benzene rings is 2. The van der Waals surface area contributed by atoms with Gasteiger partial charge in [0.15, 0.2) is 0 Å². The molecule has 2 aliphatic rings. The zero-order valence-electron chi connectivity index (χ0n) is 16.1. The predicted octanol–water partition coefficient (Wildman–Crippen LogP) is 2.46. The summed E-state index contributed by atoms with van der Waals surface area (Å²) >= 11 is 0. The number of hydrogen-bond acceptors (Lipinski definition) is 4. The van der Waals surface area contributed by atoms with Crippen molar-refractivity contribution in [1.82, 2.24) is 5.32 Å². The SMILES string of the molecule is COCCNC(=O)C1Cc2ccccc2N2CCN(c3ccccc3F)CC12.